The Morgan fingerprint density at radius 2 is 1.32 bits per heavy atom. The van der Waals surface area contributed by atoms with E-state index in [-0.39, 0.29) is 7.57 Å². The van der Waals surface area contributed by atoms with E-state index in [1.165, 1.54) is 33.6 Å². The maximum Gasteiger partial charge on any atom is 0.151 e. The zero-order chi connectivity index (χ0) is 19.9. The molecule has 3 aromatic carbocycles. The van der Waals surface area contributed by atoms with Crippen LogP contribution < -0.4 is 4.67 Å². The molecule has 1 nitrogen and oxygen atoms in total. The second-order valence-electron chi connectivity index (χ2n) is 8.01. The lowest BCUT2D eigenvalue weighted by Crippen LogP contribution is -2.32. The van der Waals surface area contributed by atoms with Gasteiger partial charge in [0.2, 0.25) is 0 Å². The minimum absolute atomic E-state index is 0.117. The molecule has 0 saturated carbocycles. The van der Waals surface area contributed by atoms with E-state index in [1.807, 2.05) is 0 Å². The Balaban J connectivity index is 2.06. The first kappa shape index (κ1) is 19.0. The summed E-state index contributed by atoms with van der Waals surface area (Å²) in [6, 6.07) is 28.8. The first-order valence-corrected chi connectivity index (χ1v) is 11.2. The molecule has 1 aliphatic heterocycles. The van der Waals surface area contributed by atoms with Gasteiger partial charge in [-0.15, -0.1) is 0 Å². The van der Waals surface area contributed by atoms with Crippen LogP contribution in [0.15, 0.2) is 78.9 Å². The Labute approximate surface area is 170 Å². The lowest BCUT2D eigenvalue weighted by molar-refractivity contribution is 0.779. The number of benzene rings is 3. The molecule has 0 amide bonds. The minimum atomic E-state index is -1.26. The molecule has 0 aliphatic carbocycles. The second-order valence-corrected chi connectivity index (χ2v) is 10.8. The van der Waals surface area contributed by atoms with Crippen LogP contribution in [0.4, 0.5) is 11.4 Å². The Morgan fingerprint density at radius 1 is 0.750 bits per heavy atom. The van der Waals surface area contributed by atoms with E-state index >= 15 is 0 Å². The quantitative estimate of drug-likeness (QED) is 0.366. The van der Waals surface area contributed by atoms with Crippen LogP contribution in [0, 0.1) is 0 Å². The molecule has 142 valence electrons. The number of hydrogen-bond donors (Lipinski definition) is 0. The predicted octanol–water partition coefficient (Wildman–Crippen LogP) is 6.37. The van der Waals surface area contributed by atoms with Crippen molar-refractivity contribution in [2.45, 2.75) is 25.9 Å². The summed E-state index contributed by atoms with van der Waals surface area (Å²) in [6.07, 6.45) is 2.40. The molecule has 0 fully saturated rings. The molecule has 3 aromatic rings. The monoisotopic (exact) mass is 385 g/mol. The van der Waals surface area contributed by atoms with Gasteiger partial charge in [0.1, 0.15) is 0 Å². The first-order valence-electron chi connectivity index (χ1n) is 9.46. The molecular weight excluding hydrogens is 356 g/mol. The number of fused-ring (bicyclic) bond motifs is 2. The molecule has 0 bridgehead atoms. The van der Waals surface area contributed by atoms with Crippen LogP contribution in [0.3, 0.4) is 0 Å². The maximum atomic E-state index is 2.77. The molecule has 1 atom stereocenters. The van der Waals surface area contributed by atoms with E-state index in [2.05, 4.69) is 117 Å². The molecule has 4 rings (SSSR count). The summed E-state index contributed by atoms with van der Waals surface area (Å²) in [5.41, 5.74) is 8.03. The normalized spacial score (nSPS) is 15.8. The van der Waals surface area contributed by atoms with Gasteiger partial charge in [-0.25, -0.2) is 0 Å². The molecule has 0 aromatic heterocycles. The lowest BCUT2D eigenvalue weighted by atomic mass is 9.95. The standard InChI is InChI=1S/C25H29BNP/c1-25(2,3)28(4,26)27-23-16-10-8-14-20(23)18-22(19-12-6-5-7-13-19)21-15-9-11-17-24(21)27/h5-18H,1-4,26H3. The van der Waals surface area contributed by atoms with Gasteiger partial charge in [-0.3, -0.25) is 4.67 Å². The van der Waals surface area contributed by atoms with Crippen molar-refractivity contribution in [2.75, 3.05) is 11.3 Å². The third-order valence-electron chi connectivity index (χ3n) is 5.24. The third kappa shape index (κ3) is 3.10. The Bertz CT molecular complexity index is 1030. The van der Waals surface area contributed by atoms with Gasteiger partial charge in [0, 0.05) is 17.8 Å². The summed E-state index contributed by atoms with van der Waals surface area (Å²) in [4.78, 5) is 0. The Hall–Kier alpha value is -2.31. The summed E-state index contributed by atoms with van der Waals surface area (Å²) in [7, 11) is -1.15. The van der Waals surface area contributed by atoms with Gasteiger partial charge in [0.25, 0.3) is 0 Å². The van der Waals surface area contributed by atoms with Crippen molar-refractivity contribution in [2.24, 2.45) is 0 Å². The molecule has 28 heavy (non-hydrogen) atoms. The summed E-state index contributed by atoms with van der Waals surface area (Å²) in [5.74, 6) is 0. The Morgan fingerprint density at radius 3 is 2.00 bits per heavy atom. The molecule has 3 heteroatoms. The second kappa shape index (κ2) is 6.94. The van der Waals surface area contributed by atoms with Crippen LogP contribution >= 0.6 is 7.29 Å². The maximum absolute atomic E-state index is 2.77. The molecule has 1 unspecified atom stereocenters. The molecule has 0 N–H and O–H groups in total. The van der Waals surface area contributed by atoms with Crippen LogP contribution in [-0.4, -0.2) is 19.4 Å². The molecule has 1 heterocycles. The van der Waals surface area contributed by atoms with Crippen molar-refractivity contribution in [1.29, 1.82) is 0 Å². The summed E-state index contributed by atoms with van der Waals surface area (Å²) in [5, 5.41) is 0.310. The Kier molecular flexibility index (Phi) is 4.72. The molecular formula is C25H29BNP. The smallest absolute Gasteiger partial charge is 0.151 e. The first-order chi connectivity index (χ1) is 13.3. The SMILES string of the molecule is [BH3-][P+](C)(N1c2ccccc2C=C(c2ccccc2)c2ccccc21)C(C)(C)C. The number of para-hydroxylation sites is 2. The predicted molar refractivity (Wildman–Crippen MR) is 131 cm³/mol. The fourth-order valence-electron chi connectivity index (χ4n) is 3.53. The lowest BCUT2D eigenvalue weighted by Gasteiger charge is -2.48. The van der Waals surface area contributed by atoms with Crippen molar-refractivity contribution in [3.05, 3.63) is 95.6 Å². The third-order valence-corrected chi connectivity index (χ3v) is 8.22. The average molecular weight is 385 g/mol. The van der Waals surface area contributed by atoms with Crippen molar-refractivity contribution >= 4 is 37.9 Å². The van der Waals surface area contributed by atoms with Crippen molar-refractivity contribution in [3.63, 3.8) is 0 Å². The average Bonchev–Trinajstić information content (AvgIpc) is 2.82. The summed E-state index contributed by atoms with van der Waals surface area (Å²) >= 11 is 0. The van der Waals surface area contributed by atoms with Gasteiger partial charge in [0.15, 0.2) is 7.57 Å². The number of nitrogens with zero attached hydrogens (tertiary/aromatic N) is 1. The van der Waals surface area contributed by atoms with E-state index in [0.717, 1.165) is 0 Å². The number of rotatable bonds is 2. The largest absolute Gasteiger partial charge is 0.261 e. The zero-order valence-corrected chi connectivity index (χ0v) is 17.4. The van der Waals surface area contributed by atoms with Crippen LogP contribution in [0.2, 0.25) is 0 Å². The highest BCUT2D eigenvalue weighted by atomic mass is 31.2. The van der Waals surface area contributed by atoms with E-state index in [1.54, 1.807) is 0 Å². The van der Waals surface area contributed by atoms with Crippen LogP contribution in [0.25, 0.3) is 11.6 Å². The molecule has 0 spiro atoms. The number of hydrogen-bond acceptors (Lipinski definition) is 1. The highest BCUT2D eigenvalue weighted by molar-refractivity contribution is 7.99. The van der Waals surface area contributed by atoms with Crippen LogP contribution in [-0.2, 0) is 0 Å². The molecule has 0 radical (unpaired) electrons. The highest BCUT2D eigenvalue weighted by Crippen LogP contribution is 2.69. The van der Waals surface area contributed by atoms with Crippen LogP contribution in [0.5, 0.6) is 0 Å². The zero-order valence-electron chi connectivity index (χ0n) is 16.5. The minimum Gasteiger partial charge on any atom is -0.261 e. The fourth-order valence-corrected chi connectivity index (χ4v) is 5.13. The van der Waals surface area contributed by atoms with Gasteiger partial charge >= 0.3 is 0 Å². The van der Waals surface area contributed by atoms with E-state index in [4.69, 9.17) is 0 Å². The van der Waals surface area contributed by atoms with Crippen LogP contribution in [0.1, 0.15) is 37.5 Å². The van der Waals surface area contributed by atoms with Gasteiger partial charge in [-0.05, 0) is 50.1 Å². The molecule has 1 aliphatic rings. The van der Waals surface area contributed by atoms with Gasteiger partial charge in [-0.1, -0.05) is 74.0 Å². The summed E-state index contributed by atoms with van der Waals surface area (Å²) < 4.78 is 2.77. The van der Waals surface area contributed by atoms with Crippen molar-refractivity contribution in [1.82, 2.24) is 0 Å². The van der Waals surface area contributed by atoms with Crippen molar-refractivity contribution < 1.29 is 0 Å². The van der Waals surface area contributed by atoms with Gasteiger partial charge in [0.05, 0.1) is 16.5 Å². The van der Waals surface area contributed by atoms with E-state index in [9.17, 15) is 0 Å². The number of anilines is 2. The van der Waals surface area contributed by atoms with Gasteiger partial charge < -0.3 is 0 Å². The van der Waals surface area contributed by atoms with E-state index in [0.29, 0.717) is 5.16 Å². The fraction of sp³-hybridized carbons (Fsp3) is 0.200. The topological polar surface area (TPSA) is 3.24 Å². The van der Waals surface area contributed by atoms with Crippen molar-refractivity contribution in [3.8, 4) is 0 Å². The van der Waals surface area contributed by atoms with Gasteiger partial charge in [-0.2, -0.15) is 0 Å². The summed E-state index contributed by atoms with van der Waals surface area (Å²) in [6.45, 7) is 9.90. The highest BCUT2D eigenvalue weighted by Gasteiger charge is 2.43. The van der Waals surface area contributed by atoms with E-state index < -0.39 is 7.29 Å². The molecule has 0 saturated heterocycles.